The number of carbonyl (C=O) groups is 1. The minimum Gasteiger partial charge on any atom is -0.486 e. The molecule has 0 saturated carbocycles. The van der Waals surface area contributed by atoms with Crippen LogP contribution in [-0.2, 0) is 4.79 Å². The molecule has 0 aromatic heterocycles. The number of hydrogen-bond acceptors (Lipinski definition) is 4. The third kappa shape index (κ3) is 4.28. The fraction of sp³-hybridized carbons (Fsp3) is 0.381. The zero-order valence-electron chi connectivity index (χ0n) is 15.5. The van der Waals surface area contributed by atoms with Crippen molar-refractivity contribution < 1.29 is 19.0 Å². The van der Waals surface area contributed by atoms with Crippen molar-refractivity contribution in [3.8, 4) is 17.2 Å². The third-order valence-corrected chi connectivity index (χ3v) is 4.34. The maximum Gasteiger partial charge on any atom is 0.263 e. The number of carbonyl (C=O) groups excluding carboxylic acids is 1. The van der Waals surface area contributed by atoms with Crippen LogP contribution in [0.15, 0.2) is 48.5 Å². The Morgan fingerprint density at radius 3 is 2.73 bits per heavy atom. The fourth-order valence-corrected chi connectivity index (χ4v) is 2.97. The van der Waals surface area contributed by atoms with E-state index in [4.69, 9.17) is 14.2 Å². The standard InChI is InChI=1S/C21H25NO4/c1-4-22(13-18-14-24-19-10-5-6-11-20(19)26-18)21(23)16(3)25-17-9-7-8-15(2)12-17/h5-12,16,18H,4,13-14H2,1-3H3. The van der Waals surface area contributed by atoms with Crippen LogP contribution in [0.25, 0.3) is 0 Å². The number of benzene rings is 2. The van der Waals surface area contributed by atoms with Gasteiger partial charge in [0.15, 0.2) is 23.7 Å². The van der Waals surface area contributed by atoms with Crippen LogP contribution in [0.3, 0.4) is 0 Å². The van der Waals surface area contributed by atoms with E-state index in [-0.39, 0.29) is 12.0 Å². The van der Waals surface area contributed by atoms with Gasteiger partial charge in [-0.3, -0.25) is 4.79 Å². The van der Waals surface area contributed by atoms with E-state index in [1.54, 1.807) is 11.8 Å². The van der Waals surface area contributed by atoms with Crippen LogP contribution in [0.1, 0.15) is 19.4 Å². The molecule has 2 unspecified atom stereocenters. The highest BCUT2D eigenvalue weighted by Gasteiger charge is 2.27. The summed E-state index contributed by atoms with van der Waals surface area (Å²) >= 11 is 0. The van der Waals surface area contributed by atoms with Gasteiger partial charge in [-0.25, -0.2) is 0 Å². The average molecular weight is 355 g/mol. The molecule has 1 heterocycles. The minimum absolute atomic E-state index is 0.0588. The lowest BCUT2D eigenvalue weighted by molar-refractivity contribution is -0.139. The zero-order chi connectivity index (χ0) is 18.5. The van der Waals surface area contributed by atoms with Gasteiger partial charge in [0.05, 0.1) is 6.54 Å². The molecule has 5 nitrogen and oxygen atoms in total. The monoisotopic (exact) mass is 355 g/mol. The van der Waals surface area contributed by atoms with E-state index in [9.17, 15) is 4.79 Å². The normalized spacial score (nSPS) is 16.7. The SMILES string of the molecule is CCN(CC1COc2ccccc2O1)C(=O)C(C)Oc1cccc(C)c1. The molecule has 3 rings (SSSR count). The first-order chi connectivity index (χ1) is 12.6. The van der Waals surface area contributed by atoms with Gasteiger partial charge in [0.2, 0.25) is 0 Å². The number of hydrogen-bond donors (Lipinski definition) is 0. The van der Waals surface area contributed by atoms with Gasteiger partial charge >= 0.3 is 0 Å². The van der Waals surface area contributed by atoms with Crippen LogP contribution < -0.4 is 14.2 Å². The second-order valence-electron chi connectivity index (χ2n) is 6.45. The summed E-state index contributed by atoms with van der Waals surface area (Å²) < 4.78 is 17.5. The van der Waals surface area contributed by atoms with Crippen molar-refractivity contribution in [2.45, 2.75) is 33.0 Å². The number of amides is 1. The highest BCUT2D eigenvalue weighted by atomic mass is 16.6. The van der Waals surface area contributed by atoms with Gasteiger partial charge in [-0.1, -0.05) is 24.3 Å². The van der Waals surface area contributed by atoms with Crippen molar-refractivity contribution in [1.82, 2.24) is 4.90 Å². The van der Waals surface area contributed by atoms with E-state index in [0.717, 1.165) is 17.1 Å². The topological polar surface area (TPSA) is 48.0 Å². The lowest BCUT2D eigenvalue weighted by atomic mass is 10.2. The Bertz CT molecular complexity index is 761. The van der Waals surface area contributed by atoms with E-state index in [1.807, 2.05) is 62.4 Å². The summed E-state index contributed by atoms with van der Waals surface area (Å²) in [6.45, 7) is 7.20. The maximum atomic E-state index is 12.8. The van der Waals surface area contributed by atoms with Crippen molar-refractivity contribution in [1.29, 1.82) is 0 Å². The van der Waals surface area contributed by atoms with E-state index in [1.165, 1.54) is 0 Å². The van der Waals surface area contributed by atoms with Crippen LogP contribution in [0, 0.1) is 6.92 Å². The van der Waals surface area contributed by atoms with Crippen LogP contribution >= 0.6 is 0 Å². The summed E-state index contributed by atoms with van der Waals surface area (Å²) in [7, 11) is 0. The molecule has 0 bridgehead atoms. The molecule has 2 aromatic carbocycles. The molecule has 26 heavy (non-hydrogen) atoms. The Hall–Kier alpha value is -2.69. The molecule has 138 valence electrons. The molecule has 0 aliphatic carbocycles. The molecule has 0 saturated heterocycles. The summed E-state index contributed by atoms with van der Waals surface area (Å²) in [6, 6.07) is 15.3. The summed E-state index contributed by atoms with van der Waals surface area (Å²) in [4.78, 5) is 14.5. The lowest BCUT2D eigenvalue weighted by Gasteiger charge is -2.32. The number of aryl methyl sites for hydroxylation is 1. The first kappa shape index (κ1) is 18.1. The smallest absolute Gasteiger partial charge is 0.263 e. The van der Waals surface area contributed by atoms with Gasteiger partial charge in [0.25, 0.3) is 5.91 Å². The van der Waals surface area contributed by atoms with Gasteiger partial charge in [-0.05, 0) is 50.6 Å². The van der Waals surface area contributed by atoms with Gasteiger partial charge in [0.1, 0.15) is 12.4 Å². The molecule has 0 N–H and O–H groups in total. The molecule has 0 radical (unpaired) electrons. The number of fused-ring (bicyclic) bond motifs is 1. The molecule has 0 fully saturated rings. The summed E-state index contributed by atoms with van der Waals surface area (Å²) in [5.74, 6) is 2.11. The first-order valence-electron chi connectivity index (χ1n) is 8.97. The van der Waals surface area contributed by atoms with Gasteiger partial charge < -0.3 is 19.1 Å². The molecule has 2 atom stereocenters. The number of para-hydroxylation sites is 2. The van der Waals surface area contributed by atoms with Gasteiger partial charge in [0, 0.05) is 6.54 Å². The van der Waals surface area contributed by atoms with Crippen molar-refractivity contribution in [2.24, 2.45) is 0 Å². The molecule has 1 amide bonds. The number of rotatable bonds is 6. The molecule has 2 aromatic rings. The van der Waals surface area contributed by atoms with Crippen molar-refractivity contribution >= 4 is 5.91 Å². The van der Waals surface area contributed by atoms with Crippen molar-refractivity contribution in [3.05, 3.63) is 54.1 Å². The second-order valence-corrected chi connectivity index (χ2v) is 6.45. The van der Waals surface area contributed by atoms with E-state index >= 15 is 0 Å². The number of ether oxygens (including phenoxy) is 3. The highest BCUT2D eigenvalue weighted by Crippen LogP contribution is 2.31. The van der Waals surface area contributed by atoms with E-state index in [0.29, 0.717) is 25.4 Å². The van der Waals surface area contributed by atoms with E-state index in [2.05, 4.69) is 0 Å². The number of nitrogens with zero attached hydrogens (tertiary/aromatic N) is 1. The molecular weight excluding hydrogens is 330 g/mol. The molecule has 1 aliphatic heterocycles. The average Bonchev–Trinajstić information content (AvgIpc) is 2.65. The zero-order valence-corrected chi connectivity index (χ0v) is 15.5. The predicted molar refractivity (Wildman–Crippen MR) is 99.9 cm³/mol. The summed E-state index contributed by atoms with van der Waals surface area (Å²) in [5, 5.41) is 0. The van der Waals surface area contributed by atoms with Gasteiger partial charge in [-0.2, -0.15) is 0 Å². The summed E-state index contributed by atoms with van der Waals surface area (Å²) in [5.41, 5.74) is 1.10. The van der Waals surface area contributed by atoms with E-state index < -0.39 is 6.10 Å². The quantitative estimate of drug-likeness (QED) is 0.796. The van der Waals surface area contributed by atoms with Crippen LogP contribution in [0.2, 0.25) is 0 Å². The Morgan fingerprint density at radius 1 is 1.23 bits per heavy atom. The first-order valence-corrected chi connectivity index (χ1v) is 8.97. The minimum atomic E-state index is -0.562. The number of likely N-dealkylation sites (N-methyl/N-ethyl adjacent to an activating group) is 1. The van der Waals surface area contributed by atoms with Gasteiger partial charge in [-0.15, -0.1) is 0 Å². The fourth-order valence-electron chi connectivity index (χ4n) is 2.97. The Labute approximate surface area is 154 Å². The van der Waals surface area contributed by atoms with Crippen LogP contribution in [0.5, 0.6) is 17.2 Å². The van der Waals surface area contributed by atoms with Crippen LogP contribution in [0.4, 0.5) is 0 Å². The third-order valence-electron chi connectivity index (χ3n) is 4.34. The van der Waals surface area contributed by atoms with Crippen molar-refractivity contribution in [3.63, 3.8) is 0 Å². The second kappa shape index (κ2) is 8.13. The molecule has 5 heteroatoms. The molecule has 0 spiro atoms. The molecule has 1 aliphatic rings. The van der Waals surface area contributed by atoms with Crippen LogP contribution in [-0.4, -0.2) is 42.7 Å². The largest absolute Gasteiger partial charge is 0.486 e. The van der Waals surface area contributed by atoms with Crippen molar-refractivity contribution in [2.75, 3.05) is 19.7 Å². The summed E-state index contributed by atoms with van der Waals surface area (Å²) in [6.07, 6.45) is -0.756. The Kier molecular flexibility index (Phi) is 5.66. The lowest BCUT2D eigenvalue weighted by Crippen LogP contribution is -2.47. The Balaban J connectivity index is 1.60. The molecular formula is C21H25NO4. The Morgan fingerprint density at radius 2 is 2.00 bits per heavy atom. The highest BCUT2D eigenvalue weighted by molar-refractivity contribution is 5.81. The maximum absolute atomic E-state index is 12.8. The predicted octanol–water partition coefficient (Wildman–Crippen LogP) is 3.45.